The maximum atomic E-state index is 11.4. The van der Waals surface area contributed by atoms with Crippen LogP contribution in [0.5, 0.6) is 0 Å². The SMILES string of the molecule is CCCNC(=O)CCNC(C)c1cc(C)oc1C. The van der Waals surface area contributed by atoms with Crippen molar-refractivity contribution in [1.29, 1.82) is 0 Å². The Balaban J connectivity index is 2.31. The largest absolute Gasteiger partial charge is 0.466 e. The van der Waals surface area contributed by atoms with Gasteiger partial charge in [-0.3, -0.25) is 4.79 Å². The van der Waals surface area contributed by atoms with E-state index in [1.54, 1.807) is 0 Å². The highest BCUT2D eigenvalue weighted by Gasteiger charge is 2.12. The van der Waals surface area contributed by atoms with Gasteiger partial charge in [-0.15, -0.1) is 0 Å². The molecule has 0 saturated heterocycles. The molecule has 0 saturated carbocycles. The van der Waals surface area contributed by atoms with E-state index in [1.165, 1.54) is 5.56 Å². The topological polar surface area (TPSA) is 54.3 Å². The van der Waals surface area contributed by atoms with Gasteiger partial charge in [0.25, 0.3) is 0 Å². The van der Waals surface area contributed by atoms with Crippen LogP contribution in [0.3, 0.4) is 0 Å². The molecule has 0 spiro atoms. The summed E-state index contributed by atoms with van der Waals surface area (Å²) >= 11 is 0. The van der Waals surface area contributed by atoms with Gasteiger partial charge in [0.15, 0.2) is 0 Å². The van der Waals surface area contributed by atoms with E-state index >= 15 is 0 Å². The zero-order valence-electron chi connectivity index (χ0n) is 11.8. The molecule has 1 heterocycles. The van der Waals surface area contributed by atoms with Gasteiger partial charge in [0.1, 0.15) is 11.5 Å². The number of carbonyl (C=O) groups is 1. The van der Waals surface area contributed by atoms with E-state index in [0.29, 0.717) is 13.0 Å². The average Bonchev–Trinajstić information content (AvgIpc) is 2.65. The lowest BCUT2D eigenvalue weighted by Gasteiger charge is -2.12. The standard InChI is InChI=1S/C14H24N2O2/c1-5-7-16-14(17)6-8-15-11(3)13-9-10(2)18-12(13)4/h9,11,15H,5-8H2,1-4H3,(H,16,17). The summed E-state index contributed by atoms with van der Waals surface area (Å²) in [7, 11) is 0. The highest BCUT2D eigenvalue weighted by Crippen LogP contribution is 2.20. The van der Waals surface area contributed by atoms with Crippen molar-refractivity contribution < 1.29 is 9.21 Å². The highest BCUT2D eigenvalue weighted by molar-refractivity contribution is 5.75. The Bertz CT molecular complexity index is 385. The van der Waals surface area contributed by atoms with Crippen LogP contribution in [0.4, 0.5) is 0 Å². The predicted octanol–water partition coefficient (Wildman–Crippen LogP) is 2.46. The molecule has 1 rings (SSSR count). The van der Waals surface area contributed by atoms with Crippen LogP contribution in [-0.4, -0.2) is 19.0 Å². The molecule has 4 nitrogen and oxygen atoms in total. The van der Waals surface area contributed by atoms with Gasteiger partial charge in [-0.1, -0.05) is 6.92 Å². The molecule has 0 aromatic carbocycles. The number of hydrogen-bond acceptors (Lipinski definition) is 3. The minimum atomic E-state index is 0.108. The zero-order valence-corrected chi connectivity index (χ0v) is 11.8. The summed E-state index contributed by atoms with van der Waals surface area (Å²) in [5.74, 6) is 1.98. The van der Waals surface area contributed by atoms with Gasteiger partial charge in [0, 0.05) is 31.1 Å². The molecule has 0 aliphatic carbocycles. The van der Waals surface area contributed by atoms with E-state index in [1.807, 2.05) is 26.8 Å². The Morgan fingerprint density at radius 3 is 2.67 bits per heavy atom. The summed E-state index contributed by atoms with van der Waals surface area (Å²) in [6, 6.07) is 2.26. The van der Waals surface area contributed by atoms with Crippen molar-refractivity contribution >= 4 is 5.91 Å². The molecule has 0 radical (unpaired) electrons. The third-order valence-electron chi connectivity index (χ3n) is 2.92. The van der Waals surface area contributed by atoms with Gasteiger partial charge in [-0.05, 0) is 33.3 Å². The lowest BCUT2D eigenvalue weighted by Crippen LogP contribution is -2.29. The molecular formula is C14H24N2O2. The molecule has 1 aromatic heterocycles. The van der Waals surface area contributed by atoms with E-state index in [4.69, 9.17) is 4.42 Å². The van der Waals surface area contributed by atoms with E-state index in [2.05, 4.69) is 17.6 Å². The van der Waals surface area contributed by atoms with Crippen molar-refractivity contribution in [3.05, 3.63) is 23.2 Å². The second-order valence-electron chi connectivity index (χ2n) is 4.64. The molecule has 1 atom stereocenters. The van der Waals surface area contributed by atoms with Crippen LogP contribution in [0.25, 0.3) is 0 Å². The third-order valence-corrected chi connectivity index (χ3v) is 2.92. The van der Waals surface area contributed by atoms with Gasteiger partial charge in [-0.2, -0.15) is 0 Å². The maximum Gasteiger partial charge on any atom is 0.221 e. The van der Waals surface area contributed by atoms with Crippen molar-refractivity contribution in [1.82, 2.24) is 10.6 Å². The van der Waals surface area contributed by atoms with Crippen molar-refractivity contribution in [2.75, 3.05) is 13.1 Å². The normalized spacial score (nSPS) is 12.4. The molecule has 0 aliphatic heterocycles. The van der Waals surface area contributed by atoms with Crippen molar-refractivity contribution in [3.8, 4) is 0 Å². The summed E-state index contributed by atoms with van der Waals surface area (Å²) in [6.45, 7) is 9.48. The molecule has 0 fully saturated rings. The number of furan rings is 1. The second kappa shape index (κ2) is 7.21. The molecule has 0 aliphatic rings. The van der Waals surface area contributed by atoms with E-state index in [-0.39, 0.29) is 11.9 Å². The van der Waals surface area contributed by atoms with Crippen LogP contribution in [-0.2, 0) is 4.79 Å². The second-order valence-corrected chi connectivity index (χ2v) is 4.64. The first-order valence-electron chi connectivity index (χ1n) is 6.61. The summed E-state index contributed by atoms with van der Waals surface area (Å²) in [5.41, 5.74) is 1.17. The molecule has 1 unspecified atom stereocenters. The van der Waals surface area contributed by atoms with Crippen LogP contribution < -0.4 is 10.6 Å². The number of rotatable bonds is 7. The Hall–Kier alpha value is -1.29. The van der Waals surface area contributed by atoms with Crippen LogP contribution in [0.15, 0.2) is 10.5 Å². The van der Waals surface area contributed by atoms with Crippen LogP contribution in [0, 0.1) is 13.8 Å². The van der Waals surface area contributed by atoms with Gasteiger partial charge in [0.2, 0.25) is 5.91 Å². The minimum Gasteiger partial charge on any atom is -0.466 e. The lowest BCUT2D eigenvalue weighted by molar-refractivity contribution is -0.121. The quantitative estimate of drug-likeness (QED) is 0.783. The van der Waals surface area contributed by atoms with E-state index in [9.17, 15) is 4.79 Å². The molecule has 18 heavy (non-hydrogen) atoms. The monoisotopic (exact) mass is 252 g/mol. The maximum absolute atomic E-state index is 11.4. The highest BCUT2D eigenvalue weighted by atomic mass is 16.3. The van der Waals surface area contributed by atoms with Crippen molar-refractivity contribution in [3.63, 3.8) is 0 Å². The molecule has 102 valence electrons. The average molecular weight is 252 g/mol. The van der Waals surface area contributed by atoms with Gasteiger partial charge in [-0.25, -0.2) is 0 Å². The number of aryl methyl sites for hydroxylation is 2. The molecule has 1 amide bonds. The fourth-order valence-electron chi connectivity index (χ4n) is 1.95. The smallest absolute Gasteiger partial charge is 0.221 e. The van der Waals surface area contributed by atoms with Crippen LogP contribution in [0.2, 0.25) is 0 Å². The van der Waals surface area contributed by atoms with Crippen LogP contribution in [0.1, 0.15) is 49.8 Å². The first-order valence-corrected chi connectivity index (χ1v) is 6.61. The molecular weight excluding hydrogens is 228 g/mol. The fourth-order valence-corrected chi connectivity index (χ4v) is 1.95. The Labute approximate surface area is 109 Å². The third kappa shape index (κ3) is 4.53. The van der Waals surface area contributed by atoms with E-state index < -0.39 is 0 Å². The molecule has 2 N–H and O–H groups in total. The Morgan fingerprint density at radius 1 is 1.39 bits per heavy atom. The number of amides is 1. The first-order chi connectivity index (χ1) is 8.54. The Morgan fingerprint density at radius 2 is 2.11 bits per heavy atom. The summed E-state index contributed by atoms with van der Waals surface area (Å²) < 4.78 is 5.50. The predicted molar refractivity (Wildman–Crippen MR) is 72.5 cm³/mol. The van der Waals surface area contributed by atoms with Crippen molar-refractivity contribution in [2.24, 2.45) is 0 Å². The lowest BCUT2D eigenvalue weighted by atomic mass is 10.1. The van der Waals surface area contributed by atoms with Crippen molar-refractivity contribution in [2.45, 2.75) is 46.6 Å². The Kier molecular flexibility index (Phi) is 5.92. The summed E-state index contributed by atoms with van der Waals surface area (Å²) in [5, 5.41) is 6.20. The summed E-state index contributed by atoms with van der Waals surface area (Å²) in [4.78, 5) is 11.4. The van der Waals surface area contributed by atoms with Crippen LogP contribution >= 0.6 is 0 Å². The molecule has 4 heteroatoms. The summed E-state index contributed by atoms with van der Waals surface area (Å²) in [6.07, 6.45) is 1.49. The molecule has 1 aromatic rings. The number of hydrogen-bond donors (Lipinski definition) is 2. The number of carbonyl (C=O) groups excluding carboxylic acids is 1. The van der Waals surface area contributed by atoms with Gasteiger partial charge < -0.3 is 15.1 Å². The zero-order chi connectivity index (χ0) is 13.5. The van der Waals surface area contributed by atoms with E-state index in [0.717, 1.165) is 24.5 Å². The number of nitrogens with one attached hydrogen (secondary N) is 2. The fraction of sp³-hybridized carbons (Fsp3) is 0.643. The first kappa shape index (κ1) is 14.8. The molecule has 0 bridgehead atoms. The van der Waals surface area contributed by atoms with Gasteiger partial charge in [0.05, 0.1) is 0 Å². The van der Waals surface area contributed by atoms with Gasteiger partial charge >= 0.3 is 0 Å². The minimum absolute atomic E-state index is 0.108.